The van der Waals surface area contributed by atoms with Gasteiger partial charge < -0.3 is 18.6 Å². The molecule has 18 aromatic rings. The van der Waals surface area contributed by atoms with Crippen LogP contribution < -0.4 is 9.80 Å². The molecule has 4 nitrogen and oxygen atoms in total. The van der Waals surface area contributed by atoms with Crippen LogP contribution in [0.25, 0.3) is 135 Å². The zero-order valence-electron chi connectivity index (χ0n) is 46.3. The summed E-state index contributed by atoms with van der Waals surface area (Å²) in [6.07, 6.45) is 6.11. The minimum Gasteiger partial charge on any atom is -0.310 e. The summed E-state index contributed by atoms with van der Waals surface area (Å²) in [6, 6.07) is 94.9. The van der Waals surface area contributed by atoms with E-state index in [0.717, 1.165) is 34.1 Å². The number of anilines is 6. The van der Waals surface area contributed by atoms with Crippen molar-refractivity contribution >= 4 is 169 Å². The zero-order chi connectivity index (χ0) is 56.0. The van der Waals surface area contributed by atoms with Gasteiger partial charge in [0.1, 0.15) is 0 Å². The average Bonchev–Trinajstić information content (AvgIpc) is 1.53. The van der Waals surface area contributed by atoms with E-state index in [1.54, 1.807) is 0 Å². The highest BCUT2D eigenvalue weighted by Crippen LogP contribution is 2.57. The summed E-state index contributed by atoms with van der Waals surface area (Å²) in [5.41, 5.74) is 20.0. The Morgan fingerprint density at radius 1 is 0.365 bits per heavy atom. The van der Waals surface area contributed by atoms with Crippen LogP contribution in [0.15, 0.2) is 274 Å². The van der Waals surface area contributed by atoms with Gasteiger partial charge in [0, 0.05) is 102 Å². The van der Waals surface area contributed by atoms with Crippen LogP contribution in [0.1, 0.15) is 10.4 Å². The number of allylic oxidation sites excluding steroid dienone is 2. The minimum atomic E-state index is 1.11. The second-order valence-corrected chi connectivity index (χ2v) is 24.6. The fraction of sp³-hybridized carbons (Fsp3) is 0.0127. The summed E-state index contributed by atoms with van der Waals surface area (Å²) >= 11 is 3.72. The molecular formula is C79H50N4S2. The van der Waals surface area contributed by atoms with Gasteiger partial charge in [0.25, 0.3) is 0 Å². The van der Waals surface area contributed by atoms with Crippen LogP contribution in [0.5, 0.6) is 0 Å². The van der Waals surface area contributed by atoms with Crippen molar-refractivity contribution in [2.45, 2.75) is 6.92 Å². The lowest BCUT2D eigenvalue weighted by molar-refractivity contribution is 1.30. The lowest BCUT2D eigenvalue weighted by Gasteiger charge is -2.27. The number of aromatic nitrogens is 2. The molecule has 0 aliphatic carbocycles. The van der Waals surface area contributed by atoms with Gasteiger partial charge in [0.05, 0.1) is 54.9 Å². The first-order valence-electron chi connectivity index (χ1n) is 29.0. The summed E-state index contributed by atoms with van der Waals surface area (Å²) in [7, 11) is 0. The van der Waals surface area contributed by atoms with Gasteiger partial charge >= 0.3 is 0 Å². The van der Waals surface area contributed by atoms with Crippen LogP contribution in [-0.4, -0.2) is 8.80 Å². The van der Waals surface area contributed by atoms with Crippen LogP contribution in [0.3, 0.4) is 0 Å². The fourth-order valence-corrected chi connectivity index (χ4v) is 16.8. The topological polar surface area (TPSA) is 15.3 Å². The van der Waals surface area contributed by atoms with Crippen LogP contribution in [0.2, 0.25) is 0 Å². The first-order valence-corrected chi connectivity index (χ1v) is 30.7. The van der Waals surface area contributed by atoms with Crippen molar-refractivity contribution in [2.24, 2.45) is 0 Å². The molecule has 0 fully saturated rings. The number of aryl methyl sites for hydroxylation is 1. The van der Waals surface area contributed by atoms with Crippen LogP contribution in [0, 0.1) is 6.92 Å². The number of fused-ring (bicyclic) bond motifs is 16. The average molecular weight is 1120 g/mol. The van der Waals surface area contributed by atoms with E-state index in [1.165, 1.54) is 139 Å². The molecule has 18 rings (SSSR count). The molecule has 6 aromatic heterocycles. The summed E-state index contributed by atoms with van der Waals surface area (Å²) in [5, 5.41) is 13.6. The van der Waals surface area contributed by atoms with Crippen LogP contribution in [-0.2, 0) is 0 Å². The van der Waals surface area contributed by atoms with E-state index in [-0.39, 0.29) is 0 Å². The minimum absolute atomic E-state index is 1.11. The summed E-state index contributed by atoms with van der Waals surface area (Å²) in [6.45, 7) is 6.24. The van der Waals surface area contributed by atoms with Gasteiger partial charge in [-0.25, -0.2) is 0 Å². The Labute approximate surface area is 497 Å². The summed E-state index contributed by atoms with van der Waals surface area (Å²) < 4.78 is 9.12. The van der Waals surface area contributed by atoms with Crippen molar-refractivity contribution in [3.8, 4) is 22.3 Å². The van der Waals surface area contributed by atoms with Crippen molar-refractivity contribution in [1.29, 1.82) is 0 Å². The lowest BCUT2D eigenvalue weighted by atomic mass is 9.89. The third kappa shape index (κ3) is 6.78. The van der Waals surface area contributed by atoms with Crippen LogP contribution in [0.4, 0.5) is 34.1 Å². The molecule has 0 spiro atoms. The molecule has 85 heavy (non-hydrogen) atoms. The first kappa shape index (κ1) is 48.1. The first-order chi connectivity index (χ1) is 42.1. The highest BCUT2D eigenvalue weighted by molar-refractivity contribution is 7.25. The predicted molar refractivity (Wildman–Crippen MR) is 368 cm³/mol. The Hall–Kier alpha value is -10.5. The highest BCUT2D eigenvalue weighted by atomic mass is 32.1. The molecule has 0 saturated heterocycles. The maximum atomic E-state index is 4.00. The van der Waals surface area contributed by atoms with Gasteiger partial charge in [-0.1, -0.05) is 201 Å². The van der Waals surface area contributed by atoms with E-state index in [0.29, 0.717) is 0 Å². The van der Waals surface area contributed by atoms with E-state index in [9.17, 15) is 0 Å². The molecule has 0 radical (unpaired) electrons. The van der Waals surface area contributed by atoms with E-state index >= 15 is 0 Å². The molecule has 0 amide bonds. The van der Waals surface area contributed by atoms with E-state index < -0.39 is 0 Å². The number of rotatable bonds is 10. The summed E-state index contributed by atoms with van der Waals surface area (Å²) in [4.78, 5) is 6.27. The van der Waals surface area contributed by atoms with E-state index in [2.05, 4.69) is 293 Å². The molecule has 6 heterocycles. The van der Waals surface area contributed by atoms with Gasteiger partial charge in [-0.15, -0.1) is 22.7 Å². The number of benzene rings is 12. The molecule has 0 bridgehead atoms. The van der Waals surface area contributed by atoms with Gasteiger partial charge in [-0.3, -0.25) is 0 Å². The molecule has 6 heteroatoms. The van der Waals surface area contributed by atoms with Gasteiger partial charge in [0.15, 0.2) is 0 Å². The second kappa shape index (κ2) is 18.5. The molecule has 398 valence electrons. The van der Waals surface area contributed by atoms with Crippen molar-refractivity contribution in [1.82, 2.24) is 8.80 Å². The van der Waals surface area contributed by atoms with Crippen molar-refractivity contribution in [2.75, 3.05) is 9.80 Å². The van der Waals surface area contributed by atoms with Gasteiger partial charge in [0.2, 0.25) is 0 Å². The third-order valence-corrected chi connectivity index (χ3v) is 20.1. The van der Waals surface area contributed by atoms with Gasteiger partial charge in [-0.05, 0) is 102 Å². The number of nitrogens with zero attached hydrogens (tertiary/aromatic N) is 4. The molecular weight excluding hydrogens is 1070 g/mol. The highest BCUT2D eigenvalue weighted by Gasteiger charge is 2.33. The molecule has 0 atom stereocenters. The standard InChI is InChI=1S/C79H50N4S2/c1-3-4-32-54-48(2)84-79-56(54)34-21-43-66(79)81(52-30-15-8-16-31-52)63-40-23-42-65-72(63)58-36-20-38-60-74-69(49-24-9-5-10-25-49)77-73(70(50-26-11-6-12-27-50)78(74)83(65)76(58)60)59-37-19-35-57-71-62(39-22-41-64(71)82(77)75(57)59)80(51-28-13-7-14-29-51)53-45-46-68-61(47-53)55-33-17-18-44-67(55)85-68/h3-47H,1H2,2H3/b32-4-. The SMILES string of the molecule is C=C/C=C\c1c(C)sc2c(N(c3ccccc3)c3cccc4c3c3cccc5c6c(-c7ccccc7)c7c(c(-c8ccccc8)c6n4c35)c3cccc4c5c(N(c6ccccc6)c6ccc8sc9ccccc9c8c6)cccc5n7c43)cccc12. The maximum absolute atomic E-state index is 4.00. The largest absolute Gasteiger partial charge is 0.310 e. The predicted octanol–water partition coefficient (Wildman–Crippen LogP) is 23.4. The lowest BCUT2D eigenvalue weighted by Crippen LogP contribution is -2.10. The molecule has 0 aliphatic heterocycles. The van der Waals surface area contributed by atoms with Crippen LogP contribution >= 0.6 is 22.7 Å². The number of hydrogen-bond acceptors (Lipinski definition) is 4. The molecule has 12 aromatic carbocycles. The molecule has 0 unspecified atom stereocenters. The Morgan fingerprint density at radius 2 is 0.824 bits per heavy atom. The molecule has 0 aliphatic rings. The van der Waals surface area contributed by atoms with Gasteiger partial charge in [-0.2, -0.15) is 0 Å². The number of thiophene rings is 2. The number of hydrogen-bond donors (Lipinski definition) is 0. The van der Waals surface area contributed by atoms with Crippen molar-refractivity contribution in [3.05, 3.63) is 284 Å². The van der Waals surface area contributed by atoms with Crippen molar-refractivity contribution in [3.63, 3.8) is 0 Å². The summed E-state index contributed by atoms with van der Waals surface area (Å²) in [5.74, 6) is 0. The zero-order valence-corrected chi connectivity index (χ0v) is 47.9. The Bertz CT molecular complexity index is 5750. The van der Waals surface area contributed by atoms with Crippen molar-refractivity contribution < 1.29 is 0 Å². The smallest absolute Gasteiger partial charge is 0.0640 e. The Balaban J connectivity index is 0.982. The molecule has 0 saturated carbocycles. The maximum Gasteiger partial charge on any atom is 0.0640 e. The third-order valence-electron chi connectivity index (χ3n) is 17.8. The monoisotopic (exact) mass is 1120 g/mol. The normalized spacial score (nSPS) is 12.3. The van der Waals surface area contributed by atoms with E-state index in [1.807, 2.05) is 34.8 Å². The molecule has 0 N–H and O–H groups in total. The quantitative estimate of drug-likeness (QED) is 0.127. The van der Waals surface area contributed by atoms with E-state index in [4.69, 9.17) is 0 Å². The second-order valence-electron chi connectivity index (χ2n) is 22.3. The number of para-hydroxylation sites is 4. The Morgan fingerprint density at radius 3 is 1.41 bits per heavy atom. The fourth-order valence-electron chi connectivity index (χ4n) is 14.5. The Kier molecular flexibility index (Phi) is 10.5.